The standard InChI is InChI=1S/C9H19BO3/c1-5-8(2)13-10-11-6-9(3,4)7-12-10/h8H,5-7H2,1-4H3. The maximum atomic E-state index is 5.49. The highest BCUT2D eigenvalue weighted by atomic mass is 16.7. The van der Waals surface area contributed by atoms with Crippen LogP contribution in [0.2, 0.25) is 0 Å². The first-order chi connectivity index (χ1) is 6.03. The zero-order valence-electron chi connectivity index (χ0n) is 9.00. The molecule has 1 atom stereocenters. The van der Waals surface area contributed by atoms with E-state index in [4.69, 9.17) is 14.0 Å². The molecule has 13 heavy (non-hydrogen) atoms. The van der Waals surface area contributed by atoms with Crippen molar-refractivity contribution in [3.05, 3.63) is 0 Å². The summed E-state index contributed by atoms with van der Waals surface area (Å²) in [6.07, 6.45) is 1.18. The second-order valence-electron chi connectivity index (χ2n) is 4.43. The van der Waals surface area contributed by atoms with Crippen LogP contribution in [0.4, 0.5) is 0 Å². The lowest BCUT2D eigenvalue weighted by atomic mass is 9.93. The van der Waals surface area contributed by atoms with E-state index in [-0.39, 0.29) is 11.5 Å². The lowest BCUT2D eigenvalue weighted by molar-refractivity contribution is -0.0307. The Bertz CT molecular complexity index is 151. The third kappa shape index (κ3) is 3.67. The molecule has 1 unspecified atom stereocenters. The third-order valence-electron chi connectivity index (χ3n) is 2.14. The molecule has 0 aromatic carbocycles. The Kier molecular flexibility index (Phi) is 3.77. The molecule has 1 aliphatic rings. The van der Waals surface area contributed by atoms with E-state index in [9.17, 15) is 0 Å². The molecule has 0 amide bonds. The van der Waals surface area contributed by atoms with Crippen LogP contribution in [-0.4, -0.2) is 26.6 Å². The van der Waals surface area contributed by atoms with Crippen molar-refractivity contribution in [3.63, 3.8) is 0 Å². The molecule has 1 rings (SSSR count). The molecule has 1 saturated heterocycles. The smallest absolute Gasteiger partial charge is 0.385 e. The van der Waals surface area contributed by atoms with Gasteiger partial charge in [0.05, 0.1) is 0 Å². The summed E-state index contributed by atoms with van der Waals surface area (Å²) in [7, 11) is -0.456. The summed E-state index contributed by atoms with van der Waals surface area (Å²) in [5, 5.41) is 0. The Labute approximate surface area is 80.9 Å². The summed E-state index contributed by atoms with van der Waals surface area (Å²) >= 11 is 0. The van der Waals surface area contributed by atoms with Crippen LogP contribution in [0.5, 0.6) is 0 Å². The fourth-order valence-corrected chi connectivity index (χ4v) is 1.04. The fraction of sp³-hybridized carbons (Fsp3) is 1.00. The third-order valence-corrected chi connectivity index (χ3v) is 2.14. The summed E-state index contributed by atoms with van der Waals surface area (Å²) in [4.78, 5) is 0. The van der Waals surface area contributed by atoms with E-state index < -0.39 is 7.32 Å². The number of hydrogen-bond acceptors (Lipinski definition) is 3. The Morgan fingerprint density at radius 2 is 1.92 bits per heavy atom. The minimum atomic E-state index is -0.456. The zero-order valence-corrected chi connectivity index (χ0v) is 9.00. The molecule has 76 valence electrons. The minimum absolute atomic E-state index is 0.120. The Hall–Kier alpha value is -0.0551. The van der Waals surface area contributed by atoms with Crippen LogP contribution in [0.15, 0.2) is 0 Å². The first-order valence-corrected chi connectivity index (χ1v) is 4.92. The summed E-state index contributed by atoms with van der Waals surface area (Å²) < 4.78 is 16.3. The minimum Gasteiger partial charge on any atom is -0.385 e. The largest absolute Gasteiger partial charge is 0.639 e. The van der Waals surface area contributed by atoms with E-state index in [1.807, 2.05) is 6.92 Å². The first-order valence-electron chi connectivity index (χ1n) is 4.92. The normalized spacial score (nSPS) is 24.5. The highest BCUT2D eigenvalue weighted by Crippen LogP contribution is 2.22. The summed E-state index contributed by atoms with van der Waals surface area (Å²) in [5.74, 6) is 0. The first kappa shape index (κ1) is 11.0. The zero-order chi connectivity index (χ0) is 9.90. The fourth-order valence-electron chi connectivity index (χ4n) is 1.04. The summed E-state index contributed by atoms with van der Waals surface area (Å²) in [6, 6.07) is 0. The molecular weight excluding hydrogens is 167 g/mol. The van der Waals surface area contributed by atoms with E-state index in [1.54, 1.807) is 0 Å². The second kappa shape index (κ2) is 4.44. The van der Waals surface area contributed by atoms with E-state index in [1.165, 1.54) is 0 Å². The maximum absolute atomic E-state index is 5.49. The molecule has 0 aliphatic carbocycles. The average molecular weight is 186 g/mol. The molecule has 0 saturated carbocycles. The molecule has 1 aliphatic heterocycles. The summed E-state index contributed by atoms with van der Waals surface area (Å²) in [5.41, 5.74) is 0.120. The molecule has 0 aromatic rings. The van der Waals surface area contributed by atoms with Gasteiger partial charge in [-0.05, 0) is 13.3 Å². The lowest BCUT2D eigenvalue weighted by Crippen LogP contribution is -2.43. The SMILES string of the molecule is CCC(C)OB1OCC(C)(C)CO1. The Balaban J connectivity index is 2.25. The van der Waals surface area contributed by atoms with Crippen molar-refractivity contribution >= 4 is 7.32 Å². The van der Waals surface area contributed by atoms with Crippen LogP contribution in [0.1, 0.15) is 34.1 Å². The van der Waals surface area contributed by atoms with E-state index in [2.05, 4.69) is 20.8 Å². The van der Waals surface area contributed by atoms with Gasteiger partial charge in [-0.1, -0.05) is 20.8 Å². The highest BCUT2D eigenvalue weighted by molar-refractivity contribution is 6.36. The quantitative estimate of drug-likeness (QED) is 0.629. The van der Waals surface area contributed by atoms with Crippen molar-refractivity contribution < 1.29 is 14.0 Å². The van der Waals surface area contributed by atoms with Crippen molar-refractivity contribution in [2.24, 2.45) is 5.41 Å². The van der Waals surface area contributed by atoms with Gasteiger partial charge in [-0.15, -0.1) is 0 Å². The van der Waals surface area contributed by atoms with Crippen LogP contribution in [0.3, 0.4) is 0 Å². The van der Waals surface area contributed by atoms with Crippen LogP contribution in [0, 0.1) is 5.41 Å². The van der Waals surface area contributed by atoms with Crippen molar-refractivity contribution in [1.82, 2.24) is 0 Å². The van der Waals surface area contributed by atoms with Crippen LogP contribution >= 0.6 is 0 Å². The molecule has 0 bridgehead atoms. The predicted molar refractivity (Wildman–Crippen MR) is 52.3 cm³/mol. The highest BCUT2D eigenvalue weighted by Gasteiger charge is 2.34. The Morgan fingerprint density at radius 1 is 1.38 bits per heavy atom. The van der Waals surface area contributed by atoms with E-state index in [0.717, 1.165) is 6.42 Å². The van der Waals surface area contributed by atoms with Crippen molar-refractivity contribution in [1.29, 1.82) is 0 Å². The van der Waals surface area contributed by atoms with Crippen molar-refractivity contribution in [2.45, 2.75) is 40.2 Å². The molecule has 0 radical (unpaired) electrons. The van der Waals surface area contributed by atoms with Gasteiger partial charge in [0.2, 0.25) is 0 Å². The van der Waals surface area contributed by atoms with Gasteiger partial charge in [-0.25, -0.2) is 0 Å². The predicted octanol–water partition coefficient (Wildman–Crippen LogP) is 1.86. The lowest BCUT2D eigenvalue weighted by Gasteiger charge is -2.32. The molecule has 0 N–H and O–H groups in total. The monoisotopic (exact) mass is 186 g/mol. The van der Waals surface area contributed by atoms with Gasteiger partial charge in [-0.2, -0.15) is 0 Å². The topological polar surface area (TPSA) is 27.7 Å². The van der Waals surface area contributed by atoms with Gasteiger partial charge in [-0.3, -0.25) is 0 Å². The van der Waals surface area contributed by atoms with E-state index >= 15 is 0 Å². The van der Waals surface area contributed by atoms with Crippen LogP contribution in [0.25, 0.3) is 0 Å². The molecule has 0 spiro atoms. The molecule has 1 fully saturated rings. The number of hydrogen-bond donors (Lipinski definition) is 0. The average Bonchev–Trinajstić information content (AvgIpc) is 2.08. The molecular formula is C9H19BO3. The number of rotatable bonds is 3. The molecule has 1 heterocycles. The van der Waals surface area contributed by atoms with Gasteiger partial charge >= 0.3 is 7.32 Å². The van der Waals surface area contributed by atoms with Crippen molar-refractivity contribution in [3.8, 4) is 0 Å². The van der Waals surface area contributed by atoms with Crippen LogP contribution in [-0.2, 0) is 14.0 Å². The maximum Gasteiger partial charge on any atom is 0.639 e. The van der Waals surface area contributed by atoms with Gasteiger partial charge in [0.15, 0.2) is 0 Å². The van der Waals surface area contributed by atoms with Gasteiger partial charge in [0.25, 0.3) is 0 Å². The van der Waals surface area contributed by atoms with Crippen LogP contribution < -0.4 is 0 Å². The Morgan fingerprint density at radius 3 is 2.38 bits per heavy atom. The second-order valence-corrected chi connectivity index (χ2v) is 4.43. The van der Waals surface area contributed by atoms with Gasteiger partial charge < -0.3 is 14.0 Å². The van der Waals surface area contributed by atoms with Crippen molar-refractivity contribution in [2.75, 3.05) is 13.2 Å². The molecule has 0 aromatic heterocycles. The molecule has 3 nitrogen and oxygen atoms in total. The van der Waals surface area contributed by atoms with Gasteiger partial charge in [0.1, 0.15) is 0 Å². The van der Waals surface area contributed by atoms with E-state index in [0.29, 0.717) is 13.2 Å². The van der Waals surface area contributed by atoms with Gasteiger partial charge in [0, 0.05) is 24.7 Å². The molecule has 4 heteroatoms. The summed E-state index contributed by atoms with van der Waals surface area (Å²) in [6.45, 7) is 9.74.